The van der Waals surface area contributed by atoms with Gasteiger partial charge in [-0.2, -0.15) is 4.31 Å². The van der Waals surface area contributed by atoms with E-state index in [0.29, 0.717) is 25.3 Å². The number of ether oxygens (including phenoxy) is 1. The molecule has 0 spiro atoms. The van der Waals surface area contributed by atoms with Gasteiger partial charge in [-0.3, -0.25) is 4.79 Å². The number of furan rings is 1. The fourth-order valence-electron chi connectivity index (χ4n) is 3.38. The molecular formula is C22H21ClN2O5S. The predicted octanol–water partition coefficient (Wildman–Crippen LogP) is 3.38. The van der Waals surface area contributed by atoms with E-state index in [2.05, 4.69) is 5.32 Å². The molecule has 0 aliphatic carbocycles. The molecule has 1 aromatic heterocycles. The molecular weight excluding hydrogens is 440 g/mol. The van der Waals surface area contributed by atoms with Gasteiger partial charge in [0.25, 0.3) is 5.91 Å². The number of rotatable bonds is 7. The van der Waals surface area contributed by atoms with Gasteiger partial charge in [0.2, 0.25) is 10.0 Å². The third kappa shape index (κ3) is 4.92. The number of nitrogens with zero attached hydrogens (tertiary/aromatic N) is 1. The molecule has 1 aliphatic heterocycles. The van der Waals surface area contributed by atoms with E-state index >= 15 is 0 Å². The molecule has 0 radical (unpaired) electrons. The van der Waals surface area contributed by atoms with Crippen molar-refractivity contribution in [2.45, 2.75) is 24.4 Å². The Morgan fingerprint density at radius 3 is 2.68 bits per heavy atom. The van der Waals surface area contributed by atoms with Crippen LogP contribution < -0.4 is 10.1 Å². The number of halogens is 1. The number of carbonyl (C=O) groups is 1. The van der Waals surface area contributed by atoms with Crippen LogP contribution in [-0.2, 0) is 34.3 Å². The lowest BCUT2D eigenvalue weighted by atomic mass is 10.0. The Morgan fingerprint density at radius 2 is 1.94 bits per heavy atom. The molecule has 2 aromatic carbocycles. The molecule has 0 saturated heterocycles. The van der Waals surface area contributed by atoms with Crippen LogP contribution in [0, 0.1) is 0 Å². The van der Waals surface area contributed by atoms with Crippen LogP contribution in [0.1, 0.15) is 16.9 Å². The molecule has 4 rings (SSSR count). The average Bonchev–Trinajstić information content (AvgIpc) is 3.30. The Morgan fingerprint density at radius 1 is 1.13 bits per heavy atom. The minimum atomic E-state index is -3.71. The number of fused-ring (bicyclic) bond motifs is 1. The summed E-state index contributed by atoms with van der Waals surface area (Å²) in [4.78, 5) is 12.0. The Bertz CT molecular complexity index is 1180. The van der Waals surface area contributed by atoms with Gasteiger partial charge < -0.3 is 14.5 Å². The zero-order valence-electron chi connectivity index (χ0n) is 16.6. The van der Waals surface area contributed by atoms with Crippen LogP contribution in [0.15, 0.2) is 70.2 Å². The first kappa shape index (κ1) is 21.4. The third-order valence-electron chi connectivity index (χ3n) is 5.04. The highest BCUT2D eigenvalue weighted by molar-refractivity contribution is 7.89. The molecule has 1 N–H and O–H groups in total. The SMILES string of the molecule is O=C(COc1ccc(S(=O)(=O)N2CCc3ccccc3C2)cc1Cl)NCc1ccco1. The second kappa shape index (κ2) is 9.13. The monoisotopic (exact) mass is 460 g/mol. The van der Waals surface area contributed by atoms with Crippen molar-refractivity contribution in [3.8, 4) is 5.75 Å². The van der Waals surface area contributed by atoms with E-state index < -0.39 is 10.0 Å². The fourth-order valence-corrected chi connectivity index (χ4v) is 5.12. The maximum absolute atomic E-state index is 13.1. The van der Waals surface area contributed by atoms with Crippen LogP contribution in [0.4, 0.5) is 0 Å². The molecule has 9 heteroatoms. The van der Waals surface area contributed by atoms with E-state index in [1.807, 2.05) is 24.3 Å². The first-order valence-corrected chi connectivity index (χ1v) is 11.5. The number of sulfonamides is 1. The molecule has 1 amide bonds. The van der Waals surface area contributed by atoms with Crippen molar-refractivity contribution in [1.82, 2.24) is 9.62 Å². The summed E-state index contributed by atoms with van der Waals surface area (Å²) < 4.78 is 38.2. The number of hydrogen-bond acceptors (Lipinski definition) is 5. The maximum atomic E-state index is 13.1. The van der Waals surface area contributed by atoms with Crippen molar-refractivity contribution in [3.05, 3.63) is 82.8 Å². The Balaban J connectivity index is 1.39. The molecule has 3 aromatic rings. The van der Waals surface area contributed by atoms with E-state index in [9.17, 15) is 13.2 Å². The molecule has 2 heterocycles. The Kier molecular flexibility index (Phi) is 6.31. The molecule has 162 valence electrons. The van der Waals surface area contributed by atoms with Crippen molar-refractivity contribution in [1.29, 1.82) is 0 Å². The number of hydrogen-bond donors (Lipinski definition) is 1. The lowest BCUT2D eigenvalue weighted by molar-refractivity contribution is -0.123. The summed E-state index contributed by atoms with van der Waals surface area (Å²) in [7, 11) is -3.71. The van der Waals surface area contributed by atoms with Gasteiger partial charge in [-0.1, -0.05) is 35.9 Å². The summed E-state index contributed by atoms with van der Waals surface area (Å²) in [5.74, 6) is 0.509. The summed E-state index contributed by atoms with van der Waals surface area (Å²) in [5.41, 5.74) is 2.17. The molecule has 31 heavy (non-hydrogen) atoms. The molecule has 0 fully saturated rings. The van der Waals surface area contributed by atoms with E-state index in [-0.39, 0.29) is 34.7 Å². The molecule has 0 saturated carbocycles. The number of carbonyl (C=O) groups excluding carboxylic acids is 1. The van der Waals surface area contributed by atoms with Crippen molar-refractivity contribution >= 4 is 27.5 Å². The average molecular weight is 461 g/mol. The second-order valence-electron chi connectivity index (χ2n) is 7.09. The summed E-state index contributed by atoms with van der Waals surface area (Å²) >= 11 is 6.24. The standard InChI is InChI=1S/C22H21ClN2O5S/c23-20-12-19(31(27,28)25-10-9-16-4-1-2-5-17(16)14-25)7-8-21(20)30-15-22(26)24-13-18-6-3-11-29-18/h1-8,11-12H,9-10,13-15H2,(H,24,26). The highest BCUT2D eigenvalue weighted by atomic mass is 35.5. The largest absolute Gasteiger partial charge is 0.482 e. The minimum absolute atomic E-state index is 0.0894. The maximum Gasteiger partial charge on any atom is 0.258 e. The summed E-state index contributed by atoms with van der Waals surface area (Å²) in [5, 5.41) is 2.78. The topological polar surface area (TPSA) is 88.9 Å². The first-order valence-electron chi connectivity index (χ1n) is 9.72. The van der Waals surface area contributed by atoms with Crippen LogP contribution in [-0.4, -0.2) is 31.8 Å². The van der Waals surface area contributed by atoms with Crippen molar-refractivity contribution in [2.24, 2.45) is 0 Å². The fraction of sp³-hybridized carbons (Fsp3) is 0.227. The van der Waals surface area contributed by atoms with E-state index in [4.69, 9.17) is 20.8 Å². The molecule has 0 bridgehead atoms. The van der Waals surface area contributed by atoms with Gasteiger partial charge in [-0.05, 0) is 47.9 Å². The number of amides is 1. The quantitative estimate of drug-likeness (QED) is 0.584. The van der Waals surface area contributed by atoms with E-state index in [0.717, 1.165) is 5.56 Å². The molecule has 1 aliphatic rings. The van der Waals surface area contributed by atoms with Crippen molar-refractivity contribution < 1.29 is 22.4 Å². The van der Waals surface area contributed by atoms with Gasteiger partial charge in [0.05, 0.1) is 22.7 Å². The van der Waals surface area contributed by atoms with Crippen LogP contribution in [0.2, 0.25) is 5.02 Å². The lowest BCUT2D eigenvalue weighted by Crippen LogP contribution is -2.35. The smallest absolute Gasteiger partial charge is 0.258 e. The minimum Gasteiger partial charge on any atom is -0.482 e. The molecule has 7 nitrogen and oxygen atoms in total. The van der Waals surface area contributed by atoms with Gasteiger partial charge in [-0.25, -0.2) is 8.42 Å². The molecule has 0 unspecified atom stereocenters. The van der Waals surface area contributed by atoms with Gasteiger partial charge in [0.1, 0.15) is 11.5 Å². The lowest BCUT2D eigenvalue weighted by Gasteiger charge is -2.28. The Hall–Kier alpha value is -2.81. The number of nitrogens with one attached hydrogen (secondary N) is 1. The van der Waals surface area contributed by atoms with E-state index in [1.165, 1.54) is 34.3 Å². The van der Waals surface area contributed by atoms with Crippen LogP contribution in [0.25, 0.3) is 0 Å². The van der Waals surface area contributed by atoms with Crippen LogP contribution in [0.3, 0.4) is 0 Å². The summed E-state index contributed by atoms with van der Waals surface area (Å²) in [6.45, 7) is 0.726. The normalized spacial score (nSPS) is 14.1. The summed E-state index contributed by atoms with van der Waals surface area (Å²) in [6.07, 6.45) is 2.19. The van der Waals surface area contributed by atoms with E-state index in [1.54, 1.807) is 12.1 Å². The van der Waals surface area contributed by atoms with Crippen molar-refractivity contribution in [3.63, 3.8) is 0 Å². The first-order chi connectivity index (χ1) is 14.9. The summed E-state index contributed by atoms with van der Waals surface area (Å²) in [6, 6.07) is 15.6. The van der Waals surface area contributed by atoms with Gasteiger partial charge in [0, 0.05) is 13.1 Å². The van der Waals surface area contributed by atoms with Crippen molar-refractivity contribution in [2.75, 3.05) is 13.2 Å². The molecule has 0 atom stereocenters. The zero-order valence-corrected chi connectivity index (χ0v) is 18.2. The predicted molar refractivity (Wildman–Crippen MR) is 115 cm³/mol. The van der Waals surface area contributed by atoms with Crippen LogP contribution in [0.5, 0.6) is 5.75 Å². The van der Waals surface area contributed by atoms with Gasteiger partial charge >= 0.3 is 0 Å². The van der Waals surface area contributed by atoms with Crippen LogP contribution >= 0.6 is 11.6 Å². The highest BCUT2D eigenvalue weighted by Crippen LogP contribution is 2.30. The van der Waals surface area contributed by atoms with Gasteiger partial charge in [0.15, 0.2) is 6.61 Å². The van der Waals surface area contributed by atoms with Gasteiger partial charge in [-0.15, -0.1) is 0 Å². The third-order valence-corrected chi connectivity index (χ3v) is 7.17. The number of benzene rings is 2. The second-order valence-corrected chi connectivity index (χ2v) is 9.44. The highest BCUT2D eigenvalue weighted by Gasteiger charge is 2.28. The Labute approximate surface area is 185 Å². The zero-order chi connectivity index (χ0) is 21.8.